The minimum absolute atomic E-state index is 0.184. The number of carbonyl (C=O) groups excluding carboxylic acids is 1. The fraction of sp³-hybridized carbons (Fsp3) is 0.690. The highest BCUT2D eigenvalue weighted by Crippen LogP contribution is 2.07. The van der Waals surface area contributed by atoms with Gasteiger partial charge < -0.3 is 14.6 Å². The Labute approximate surface area is 203 Å². The minimum Gasteiger partial charge on any atom is -0.457 e. The lowest BCUT2D eigenvalue weighted by molar-refractivity contribution is -0.154. The van der Waals surface area contributed by atoms with Gasteiger partial charge in [0, 0.05) is 13.0 Å². The molecule has 0 aromatic heterocycles. The Morgan fingerprint density at radius 3 is 2.00 bits per heavy atom. The number of ether oxygens (including phenoxy) is 2. The summed E-state index contributed by atoms with van der Waals surface area (Å²) in [6.07, 6.45) is 31.9. The summed E-state index contributed by atoms with van der Waals surface area (Å²) < 4.78 is 10.8. The predicted molar refractivity (Wildman–Crippen MR) is 140 cm³/mol. The predicted octanol–water partition coefficient (Wildman–Crippen LogP) is 7.63. The first-order valence-electron chi connectivity index (χ1n) is 13.2. The summed E-state index contributed by atoms with van der Waals surface area (Å²) in [5.41, 5.74) is 0. The number of aliphatic hydroxyl groups is 1. The molecule has 0 bridgehead atoms. The Kier molecular flexibility index (Phi) is 25.3. The van der Waals surface area contributed by atoms with Crippen LogP contribution in [0.4, 0.5) is 0 Å². The number of esters is 1. The van der Waals surface area contributed by atoms with Crippen LogP contribution in [0, 0.1) is 0 Å². The van der Waals surface area contributed by atoms with Crippen LogP contribution in [-0.2, 0) is 14.3 Å². The lowest BCUT2D eigenvalue weighted by atomic mass is 10.1. The van der Waals surface area contributed by atoms with Crippen molar-refractivity contribution in [1.82, 2.24) is 0 Å². The van der Waals surface area contributed by atoms with Crippen LogP contribution in [0.3, 0.4) is 0 Å². The SMILES string of the molecule is CC/C=C\C/C=C\C/C=C\C/C=C\CCCCCCCOCC(CO)OC(=O)CCCCC. The maximum absolute atomic E-state index is 11.7. The molecule has 0 saturated carbocycles. The Balaban J connectivity index is 3.48. The summed E-state index contributed by atoms with van der Waals surface area (Å²) in [5.74, 6) is -0.237. The van der Waals surface area contributed by atoms with Gasteiger partial charge in [-0.05, 0) is 51.4 Å². The van der Waals surface area contributed by atoms with E-state index in [4.69, 9.17) is 9.47 Å². The fourth-order valence-corrected chi connectivity index (χ4v) is 3.20. The molecule has 1 unspecified atom stereocenters. The molecular weight excluding hydrogens is 412 g/mol. The van der Waals surface area contributed by atoms with Crippen molar-refractivity contribution in [3.63, 3.8) is 0 Å². The van der Waals surface area contributed by atoms with Crippen LogP contribution in [0.15, 0.2) is 48.6 Å². The Morgan fingerprint density at radius 1 is 0.758 bits per heavy atom. The summed E-state index contributed by atoms with van der Waals surface area (Å²) in [6.45, 7) is 5.00. The normalized spacial score (nSPS) is 13.2. The molecule has 33 heavy (non-hydrogen) atoms. The van der Waals surface area contributed by atoms with E-state index in [1.807, 2.05) is 0 Å². The summed E-state index contributed by atoms with van der Waals surface area (Å²) in [5, 5.41) is 9.33. The van der Waals surface area contributed by atoms with E-state index in [2.05, 4.69) is 62.5 Å². The van der Waals surface area contributed by atoms with Crippen molar-refractivity contribution in [3.05, 3.63) is 48.6 Å². The molecule has 0 aromatic carbocycles. The van der Waals surface area contributed by atoms with Gasteiger partial charge in [-0.15, -0.1) is 0 Å². The zero-order chi connectivity index (χ0) is 24.2. The van der Waals surface area contributed by atoms with Gasteiger partial charge in [0.25, 0.3) is 0 Å². The number of allylic oxidation sites excluding steroid dienone is 8. The molecule has 0 fully saturated rings. The number of unbranched alkanes of at least 4 members (excludes halogenated alkanes) is 7. The second-order valence-corrected chi connectivity index (χ2v) is 8.38. The average Bonchev–Trinajstić information content (AvgIpc) is 2.82. The third-order valence-electron chi connectivity index (χ3n) is 5.17. The van der Waals surface area contributed by atoms with Crippen molar-refractivity contribution in [2.75, 3.05) is 19.8 Å². The topological polar surface area (TPSA) is 55.8 Å². The van der Waals surface area contributed by atoms with Gasteiger partial charge in [-0.1, -0.05) is 94.6 Å². The smallest absolute Gasteiger partial charge is 0.306 e. The summed E-state index contributed by atoms with van der Waals surface area (Å²) in [7, 11) is 0. The Hall–Kier alpha value is -1.65. The van der Waals surface area contributed by atoms with Crippen molar-refractivity contribution in [1.29, 1.82) is 0 Å². The van der Waals surface area contributed by atoms with Crippen LogP contribution in [0.25, 0.3) is 0 Å². The number of carbonyl (C=O) groups is 1. The maximum Gasteiger partial charge on any atom is 0.306 e. The van der Waals surface area contributed by atoms with E-state index < -0.39 is 6.10 Å². The third-order valence-corrected chi connectivity index (χ3v) is 5.17. The van der Waals surface area contributed by atoms with Gasteiger partial charge in [-0.2, -0.15) is 0 Å². The van der Waals surface area contributed by atoms with Gasteiger partial charge in [0.05, 0.1) is 13.2 Å². The molecule has 1 N–H and O–H groups in total. The average molecular weight is 463 g/mol. The first kappa shape index (κ1) is 31.4. The van der Waals surface area contributed by atoms with E-state index in [0.717, 1.165) is 64.2 Å². The minimum atomic E-state index is -0.537. The molecule has 0 radical (unpaired) electrons. The van der Waals surface area contributed by atoms with Gasteiger partial charge in [0.1, 0.15) is 6.10 Å². The van der Waals surface area contributed by atoms with Crippen LogP contribution >= 0.6 is 0 Å². The van der Waals surface area contributed by atoms with Crippen LogP contribution in [-0.4, -0.2) is 37.0 Å². The monoisotopic (exact) mass is 462 g/mol. The number of hydrogen-bond acceptors (Lipinski definition) is 4. The van der Waals surface area contributed by atoms with Crippen molar-refractivity contribution < 1.29 is 19.4 Å². The quantitative estimate of drug-likeness (QED) is 0.0963. The highest BCUT2D eigenvalue weighted by molar-refractivity contribution is 5.69. The third kappa shape index (κ3) is 24.8. The summed E-state index contributed by atoms with van der Waals surface area (Å²) in [6, 6.07) is 0. The molecule has 190 valence electrons. The molecule has 0 spiro atoms. The summed E-state index contributed by atoms with van der Waals surface area (Å²) >= 11 is 0. The Morgan fingerprint density at radius 2 is 1.36 bits per heavy atom. The molecule has 0 amide bonds. The van der Waals surface area contributed by atoms with Crippen molar-refractivity contribution >= 4 is 5.97 Å². The molecule has 0 aliphatic heterocycles. The van der Waals surface area contributed by atoms with E-state index in [-0.39, 0.29) is 19.2 Å². The van der Waals surface area contributed by atoms with Gasteiger partial charge in [-0.3, -0.25) is 4.79 Å². The van der Waals surface area contributed by atoms with Crippen LogP contribution in [0.5, 0.6) is 0 Å². The highest BCUT2D eigenvalue weighted by Gasteiger charge is 2.13. The van der Waals surface area contributed by atoms with E-state index >= 15 is 0 Å². The van der Waals surface area contributed by atoms with Gasteiger partial charge in [0.15, 0.2) is 0 Å². The molecule has 0 heterocycles. The first-order chi connectivity index (χ1) is 16.2. The van der Waals surface area contributed by atoms with Gasteiger partial charge >= 0.3 is 5.97 Å². The maximum atomic E-state index is 11.7. The lowest BCUT2D eigenvalue weighted by Crippen LogP contribution is -2.27. The van der Waals surface area contributed by atoms with Gasteiger partial charge in [0.2, 0.25) is 0 Å². The fourth-order valence-electron chi connectivity index (χ4n) is 3.20. The Bertz CT molecular complexity index is 534. The first-order valence-corrected chi connectivity index (χ1v) is 13.2. The van der Waals surface area contributed by atoms with Gasteiger partial charge in [-0.25, -0.2) is 0 Å². The molecule has 4 nitrogen and oxygen atoms in total. The lowest BCUT2D eigenvalue weighted by Gasteiger charge is -2.15. The molecule has 0 aromatic rings. The van der Waals surface area contributed by atoms with Crippen LogP contribution < -0.4 is 0 Å². The van der Waals surface area contributed by atoms with E-state index in [1.54, 1.807) is 0 Å². The molecule has 0 aliphatic rings. The standard InChI is InChI=1S/C29H50O4/c1-3-5-7-8-9-10-11-12-13-14-15-16-17-18-19-20-21-23-25-32-27-28(26-30)33-29(31)24-22-6-4-2/h5,7,9-10,12-13,15-16,28,30H,3-4,6,8,11,14,17-27H2,1-2H3/b7-5-,10-9-,13-12-,16-15-. The van der Waals surface area contributed by atoms with Crippen LogP contribution in [0.2, 0.25) is 0 Å². The molecule has 0 saturated heterocycles. The number of aliphatic hydroxyl groups excluding tert-OH is 1. The zero-order valence-electron chi connectivity index (χ0n) is 21.4. The largest absolute Gasteiger partial charge is 0.457 e. The van der Waals surface area contributed by atoms with Crippen molar-refractivity contribution in [2.45, 2.75) is 110 Å². The molecule has 0 rings (SSSR count). The second kappa shape index (κ2) is 26.6. The number of rotatable bonds is 23. The molecular formula is C29H50O4. The van der Waals surface area contributed by atoms with E-state index in [9.17, 15) is 9.90 Å². The molecule has 0 aliphatic carbocycles. The van der Waals surface area contributed by atoms with Crippen molar-refractivity contribution in [3.8, 4) is 0 Å². The summed E-state index contributed by atoms with van der Waals surface area (Å²) in [4.78, 5) is 11.7. The molecule has 4 heteroatoms. The van der Waals surface area contributed by atoms with Crippen molar-refractivity contribution in [2.24, 2.45) is 0 Å². The second-order valence-electron chi connectivity index (χ2n) is 8.38. The van der Waals surface area contributed by atoms with Crippen LogP contribution in [0.1, 0.15) is 104 Å². The zero-order valence-corrected chi connectivity index (χ0v) is 21.4. The van der Waals surface area contributed by atoms with E-state index in [1.165, 1.54) is 19.3 Å². The highest BCUT2D eigenvalue weighted by atomic mass is 16.6. The molecule has 1 atom stereocenters. The van der Waals surface area contributed by atoms with E-state index in [0.29, 0.717) is 13.0 Å². The number of hydrogen-bond donors (Lipinski definition) is 1.